The smallest absolute Gasteiger partial charge is 0.316 e. The Morgan fingerprint density at radius 2 is 1.78 bits per heavy atom. The lowest BCUT2D eigenvalue weighted by atomic mass is 10.1. The standard InChI is InChI=1S/C25H31N3O3S/c1-18(2)15-28-22-12-8-7-11-21(22)27-25(28)32-17-24(30)31-16-23(29)26-19(3)13-14-20-9-5-4-6-10-20/h4-12,18-19H,13-17H2,1-3H3,(H,26,29)/t19-/m0/s1. The quantitative estimate of drug-likeness (QED) is 0.343. The Morgan fingerprint density at radius 3 is 2.53 bits per heavy atom. The van der Waals surface area contributed by atoms with Gasteiger partial charge >= 0.3 is 5.97 Å². The molecule has 1 heterocycles. The highest BCUT2D eigenvalue weighted by atomic mass is 32.2. The predicted octanol–water partition coefficient (Wildman–Crippen LogP) is 4.47. The topological polar surface area (TPSA) is 73.2 Å². The summed E-state index contributed by atoms with van der Waals surface area (Å²) in [7, 11) is 0. The number of fused-ring (bicyclic) bond motifs is 1. The van der Waals surface area contributed by atoms with Crippen molar-refractivity contribution in [3.05, 3.63) is 60.2 Å². The number of benzene rings is 2. The maximum Gasteiger partial charge on any atom is 0.316 e. The summed E-state index contributed by atoms with van der Waals surface area (Å²) in [6.07, 6.45) is 1.71. The zero-order valence-corrected chi connectivity index (χ0v) is 19.7. The van der Waals surface area contributed by atoms with E-state index in [1.54, 1.807) is 0 Å². The van der Waals surface area contributed by atoms with Crippen LogP contribution in [-0.4, -0.2) is 39.8 Å². The lowest BCUT2D eigenvalue weighted by Crippen LogP contribution is -2.36. The number of amides is 1. The third-order valence-electron chi connectivity index (χ3n) is 4.97. The first-order chi connectivity index (χ1) is 15.4. The van der Waals surface area contributed by atoms with Gasteiger partial charge in [0.05, 0.1) is 16.8 Å². The number of aromatic nitrogens is 2. The molecule has 0 fully saturated rings. The fourth-order valence-electron chi connectivity index (χ4n) is 3.43. The molecule has 1 N–H and O–H groups in total. The van der Waals surface area contributed by atoms with Gasteiger partial charge in [-0.1, -0.05) is 68.1 Å². The molecule has 6 nitrogen and oxygen atoms in total. The van der Waals surface area contributed by atoms with E-state index in [2.05, 4.69) is 40.8 Å². The second-order valence-electron chi connectivity index (χ2n) is 8.33. The molecule has 0 bridgehead atoms. The Hall–Kier alpha value is -2.80. The molecule has 1 aromatic heterocycles. The van der Waals surface area contributed by atoms with Gasteiger partial charge in [0.1, 0.15) is 0 Å². The Labute approximate surface area is 193 Å². The number of ether oxygens (including phenoxy) is 1. The number of nitrogens with one attached hydrogen (secondary N) is 1. The Kier molecular flexibility index (Phi) is 8.73. The van der Waals surface area contributed by atoms with E-state index in [0.29, 0.717) is 5.92 Å². The van der Waals surface area contributed by atoms with Crippen molar-refractivity contribution >= 4 is 34.7 Å². The van der Waals surface area contributed by atoms with Gasteiger partial charge in [-0.2, -0.15) is 0 Å². The van der Waals surface area contributed by atoms with E-state index in [0.717, 1.165) is 35.6 Å². The second kappa shape index (κ2) is 11.7. The number of imidazole rings is 1. The third kappa shape index (κ3) is 7.12. The van der Waals surface area contributed by atoms with Crippen LogP contribution in [0.25, 0.3) is 11.0 Å². The SMILES string of the molecule is CC(C)Cn1c(SCC(=O)OCC(=O)N[C@@H](C)CCc2ccccc2)nc2ccccc21. The summed E-state index contributed by atoms with van der Waals surface area (Å²) in [6, 6.07) is 18.1. The second-order valence-corrected chi connectivity index (χ2v) is 9.27. The van der Waals surface area contributed by atoms with Crippen molar-refractivity contribution in [2.75, 3.05) is 12.4 Å². The number of carbonyl (C=O) groups excluding carboxylic acids is 2. The zero-order valence-electron chi connectivity index (χ0n) is 18.9. The highest BCUT2D eigenvalue weighted by molar-refractivity contribution is 7.99. The summed E-state index contributed by atoms with van der Waals surface area (Å²) in [6.45, 7) is 6.81. The molecular weight excluding hydrogens is 422 g/mol. The monoisotopic (exact) mass is 453 g/mol. The van der Waals surface area contributed by atoms with Crippen LogP contribution in [0.15, 0.2) is 59.8 Å². The summed E-state index contributed by atoms with van der Waals surface area (Å²) in [4.78, 5) is 29.0. The predicted molar refractivity (Wildman–Crippen MR) is 129 cm³/mol. The minimum Gasteiger partial charge on any atom is -0.455 e. The molecule has 0 aliphatic heterocycles. The molecule has 2 aromatic carbocycles. The Morgan fingerprint density at radius 1 is 1.06 bits per heavy atom. The van der Waals surface area contributed by atoms with Gasteiger partial charge in [-0.3, -0.25) is 9.59 Å². The molecule has 0 saturated heterocycles. The summed E-state index contributed by atoms with van der Waals surface area (Å²) in [5, 5.41) is 3.68. The average molecular weight is 454 g/mol. The van der Waals surface area contributed by atoms with E-state index < -0.39 is 5.97 Å². The van der Waals surface area contributed by atoms with Crippen molar-refractivity contribution in [1.29, 1.82) is 0 Å². The van der Waals surface area contributed by atoms with Crippen molar-refractivity contribution in [1.82, 2.24) is 14.9 Å². The molecule has 0 aliphatic carbocycles. The molecule has 170 valence electrons. The van der Waals surface area contributed by atoms with E-state index in [4.69, 9.17) is 4.74 Å². The molecule has 1 amide bonds. The van der Waals surface area contributed by atoms with E-state index in [1.165, 1.54) is 17.3 Å². The first-order valence-corrected chi connectivity index (χ1v) is 12.0. The summed E-state index contributed by atoms with van der Waals surface area (Å²) in [5.41, 5.74) is 3.20. The minimum atomic E-state index is -0.426. The van der Waals surface area contributed by atoms with Gasteiger partial charge in [0.25, 0.3) is 5.91 Å². The number of hydrogen-bond acceptors (Lipinski definition) is 5. The van der Waals surface area contributed by atoms with Crippen molar-refractivity contribution < 1.29 is 14.3 Å². The van der Waals surface area contributed by atoms with Crippen LogP contribution in [0.4, 0.5) is 0 Å². The van der Waals surface area contributed by atoms with Crippen molar-refractivity contribution in [3.63, 3.8) is 0 Å². The van der Waals surface area contributed by atoms with Crippen LogP contribution in [0.5, 0.6) is 0 Å². The van der Waals surface area contributed by atoms with Crippen molar-refractivity contribution in [2.24, 2.45) is 5.92 Å². The molecule has 0 radical (unpaired) electrons. The van der Waals surface area contributed by atoms with Gasteiger partial charge in [0, 0.05) is 12.6 Å². The largest absolute Gasteiger partial charge is 0.455 e. The maximum absolute atomic E-state index is 12.2. The highest BCUT2D eigenvalue weighted by Crippen LogP contribution is 2.25. The van der Waals surface area contributed by atoms with Crippen LogP contribution in [0.1, 0.15) is 32.8 Å². The van der Waals surface area contributed by atoms with E-state index in [9.17, 15) is 9.59 Å². The Balaban J connectivity index is 1.43. The van der Waals surface area contributed by atoms with Crippen LogP contribution < -0.4 is 5.32 Å². The number of rotatable bonds is 11. The molecule has 1 atom stereocenters. The molecule has 32 heavy (non-hydrogen) atoms. The van der Waals surface area contributed by atoms with Gasteiger partial charge in [0.15, 0.2) is 11.8 Å². The number of hydrogen-bond donors (Lipinski definition) is 1. The molecule has 3 rings (SSSR count). The van der Waals surface area contributed by atoms with Crippen LogP contribution >= 0.6 is 11.8 Å². The van der Waals surface area contributed by atoms with Crippen molar-refractivity contribution in [3.8, 4) is 0 Å². The summed E-state index contributed by atoms with van der Waals surface area (Å²) < 4.78 is 7.31. The number of esters is 1. The summed E-state index contributed by atoms with van der Waals surface area (Å²) in [5.74, 6) is -0.147. The number of carbonyl (C=O) groups is 2. The number of thioether (sulfide) groups is 1. The van der Waals surface area contributed by atoms with Crippen LogP contribution in [0, 0.1) is 5.92 Å². The molecule has 7 heteroatoms. The number of para-hydroxylation sites is 2. The third-order valence-corrected chi connectivity index (χ3v) is 5.92. The fraction of sp³-hybridized carbons (Fsp3) is 0.400. The van der Waals surface area contributed by atoms with Gasteiger partial charge in [0.2, 0.25) is 0 Å². The average Bonchev–Trinajstić information content (AvgIpc) is 3.12. The van der Waals surface area contributed by atoms with Crippen LogP contribution in [-0.2, 0) is 27.3 Å². The first-order valence-electron chi connectivity index (χ1n) is 11.0. The van der Waals surface area contributed by atoms with Gasteiger partial charge in [-0.05, 0) is 43.4 Å². The molecule has 0 spiro atoms. The summed E-state index contributed by atoms with van der Waals surface area (Å²) >= 11 is 1.34. The molecular formula is C25H31N3O3S. The lowest BCUT2D eigenvalue weighted by molar-refractivity contribution is -0.146. The van der Waals surface area contributed by atoms with E-state index >= 15 is 0 Å². The number of aryl methyl sites for hydroxylation is 1. The first kappa shape index (κ1) is 23.9. The van der Waals surface area contributed by atoms with Gasteiger partial charge < -0.3 is 14.6 Å². The maximum atomic E-state index is 12.2. The van der Waals surface area contributed by atoms with Crippen molar-refractivity contribution in [2.45, 2.75) is 51.4 Å². The molecule has 0 saturated carbocycles. The van der Waals surface area contributed by atoms with Crippen LogP contribution in [0.2, 0.25) is 0 Å². The van der Waals surface area contributed by atoms with Crippen LogP contribution in [0.3, 0.4) is 0 Å². The zero-order chi connectivity index (χ0) is 22.9. The molecule has 0 unspecified atom stereocenters. The Bertz CT molecular complexity index is 1030. The van der Waals surface area contributed by atoms with Gasteiger partial charge in [-0.15, -0.1) is 0 Å². The number of nitrogens with zero attached hydrogens (tertiary/aromatic N) is 2. The van der Waals surface area contributed by atoms with Gasteiger partial charge in [-0.25, -0.2) is 4.98 Å². The molecule has 0 aliphatic rings. The molecule has 3 aromatic rings. The minimum absolute atomic E-state index is 0.00623. The van der Waals surface area contributed by atoms with E-state index in [-0.39, 0.29) is 24.3 Å². The highest BCUT2D eigenvalue weighted by Gasteiger charge is 2.15. The lowest BCUT2D eigenvalue weighted by Gasteiger charge is -2.14. The van der Waals surface area contributed by atoms with E-state index in [1.807, 2.05) is 49.4 Å². The normalized spacial score (nSPS) is 12.1. The fourth-order valence-corrected chi connectivity index (χ4v) is 4.25.